The minimum atomic E-state index is -0.972. The Morgan fingerprint density at radius 1 is 1.53 bits per heavy atom. The summed E-state index contributed by atoms with van der Waals surface area (Å²) in [6, 6.07) is 6.63. The summed E-state index contributed by atoms with van der Waals surface area (Å²) in [6.45, 7) is 4.00. The topological polar surface area (TPSA) is 63.3 Å². The summed E-state index contributed by atoms with van der Waals surface area (Å²) >= 11 is 3.30. The second kappa shape index (κ2) is 7.43. The molecule has 1 rings (SSSR count). The van der Waals surface area contributed by atoms with E-state index in [4.69, 9.17) is 10.8 Å². The fourth-order valence-electron chi connectivity index (χ4n) is 1.01. The van der Waals surface area contributed by atoms with Crippen molar-refractivity contribution in [2.24, 2.45) is 5.73 Å². The van der Waals surface area contributed by atoms with Crippen molar-refractivity contribution in [2.75, 3.05) is 0 Å². The van der Waals surface area contributed by atoms with Crippen molar-refractivity contribution in [2.45, 2.75) is 26.3 Å². The molecule has 0 aliphatic carbocycles. The zero-order valence-electron chi connectivity index (χ0n) is 8.90. The van der Waals surface area contributed by atoms with E-state index in [1.807, 2.05) is 38.1 Å². The van der Waals surface area contributed by atoms with Crippen LogP contribution in [0, 0.1) is 0 Å². The van der Waals surface area contributed by atoms with Gasteiger partial charge in [0.1, 0.15) is 6.04 Å². The SMILES string of the molecule is CC.NC(Cc1cccc(Br)c1)C(=O)O. The molecule has 0 radical (unpaired) electrons. The zero-order valence-corrected chi connectivity index (χ0v) is 10.5. The van der Waals surface area contributed by atoms with E-state index in [2.05, 4.69) is 15.9 Å². The number of carboxylic acid groups (broad SMARTS) is 1. The molecule has 1 atom stereocenters. The van der Waals surface area contributed by atoms with Gasteiger partial charge in [0.15, 0.2) is 0 Å². The Labute approximate surface area is 98.4 Å². The fourth-order valence-corrected chi connectivity index (χ4v) is 1.45. The van der Waals surface area contributed by atoms with Gasteiger partial charge >= 0.3 is 5.97 Å². The predicted molar refractivity (Wildman–Crippen MR) is 64.8 cm³/mol. The highest BCUT2D eigenvalue weighted by Crippen LogP contribution is 2.12. The lowest BCUT2D eigenvalue weighted by Gasteiger charge is -2.05. The number of rotatable bonds is 3. The number of aliphatic carboxylic acids is 1. The van der Waals surface area contributed by atoms with E-state index in [0.29, 0.717) is 6.42 Å². The van der Waals surface area contributed by atoms with Crippen molar-refractivity contribution in [3.05, 3.63) is 34.3 Å². The van der Waals surface area contributed by atoms with Crippen LogP contribution in [0.3, 0.4) is 0 Å². The third-order valence-corrected chi connectivity index (χ3v) is 2.16. The van der Waals surface area contributed by atoms with Crippen LogP contribution < -0.4 is 5.73 Å². The first-order valence-corrected chi connectivity index (χ1v) is 5.61. The van der Waals surface area contributed by atoms with Gasteiger partial charge in [-0.2, -0.15) is 0 Å². The van der Waals surface area contributed by atoms with E-state index in [-0.39, 0.29) is 0 Å². The van der Waals surface area contributed by atoms with Crippen LogP contribution in [0.5, 0.6) is 0 Å². The van der Waals surface area contributed by atoms with E-state index in [1.54, 1.807) is 0 Å². The Hall–Kier alpha value is -0.870. The molecule has 0 saturated carbocycles. The van der Waals surface area contributed by atoms with E-state index in [9.17, 15) is 4.79 Å². The number of carbonyl (C=O) groups is 1. The molecule has 0 amide bonds. The molecule has 4 heteroatoms. The number of nitrogens with two attached hydrogens (primary N) is 1. The Morgan fingerprint density at radius 3 is 2.60 bits per heavy atom. The smallest absolute Gasteiger partial charge is 0.320 e. The van der Waals surface area contributed by atoms with Crippen molar-refractivity contribution >= 4 is 21.9 Å². The van der Waals surface area contributed by atoms with Crippen molar-refractivity contribution in [1.29, 1.82) is 0 Å². The number of benzene rings is 1. The molecule has 0 aromatic heterocycles. The third kappa shape index (κ3) is 5.54. The Morgan fingerprint density at radius 2 is 2.13 bits per heavy atom. The van der Waals surface area contributed by atoms with E-state index < -0.39 is 12.0 Å². The summed E-state index contributed by atoms with van der Waals surface area (Å²) < 4.78 is 0.933. The standard InChI is InChI=1S/C9H10BrNO2.C2H6/c10-7-3-1-2-6(4-7)5-8(11)9(12)13;1-2/h1-4,8H,5,11H2,(H,12,13);1-2H3. The van der Waals surface area contributed by atoms with Gasteiger partial charge in [0.25, 0.3) is 0 Å². The maximum atomic E-state index is 10.5. The van der Waals surface area contributed by atoms with Crippen LogP contribution in [0.15, 0.2) is 28.7 Å². The van der Waals surface area contributed by atoms with Gasteiger partial charge in [0, 0.05) is 4.47 Å². The molecule has 3 nitrogen and oxygen atoms in total. The number of hydrogen-bond donors (Lipinski definition) is 2. The van der Waals surface area contributed by atoms with Crippen LogP contribution in [0.4, 0.5) is 0 Å². The van der Waals surface area contributed by atoms with Crippen LogP contribution >= 0.6 is 15.9 Å². The average molecular weight is 274 g/mol. The van der Waals surface area contributed by atoms with E-state index in [0.717, 1.165) is 10.0 Å². The second-order valence-electron chi connectivity index (χ2n) is 2.78. The Bertz CT molecular complexity index is 315. The second-order valence-corrected chi connectivity index (χ2v) is 3.69. The molecule has 0 fully saturated rings. The third-order valence-electron chi connectivity index (χ3n) is 1.66. The fraction of sp³-hybridized carbons (Fsp3) is 0.364. The number of halogens is 1. The van der Waals surface area contributed by atoms with Crippen LogP contribution in [-0.4, -0.2) is 17.1 Å². The van der Waals surface area contributed by atoms with Gasteiger partial charge in [0.2, 0.25) is 0 Å². The van der Waals surface area contributed by atoms with Crippen LogP contribution in [0.2, 0.25) is 0 Å². The van der Waals surface area contributed by atoms with E-state index in [1.165, 1.54) is 0 Å². The minimum Gasteiger partial charge on any atom is -0.480 e. The molecule has 15 heavy (non-hydrogen) atoms. The van der Waals surface area contributed by atoms with Crippen molar-refractivity contribution in [3.63, 3.8) is 0 Å². The molecular formula is C11H16BrNO2. The van der Waals surface area contributed by atoms with Gasteiger partial charge in [-0.25, -0.2) is 0 Å². The molecule has 84 valence electrons. The summed E-state index contributed by atoms with van der Waals surface area (Å²) in [5.41, 5.74) is 6.30. The van der Waals surface area contributed by atoms with Gasteiger partial charge in [0.05, 0.1) is 0 Å². The maximum Gasteiger partial charge on any atom is 0.320 e. The maximum absolute atomic E-state index is 10.5. The molecule has 1 unspecified atom stereocenters. The number of hydrogen-bond acceptors (Lipinski definition) is 2. The quantitative estimate of drug-likeness (QED) is 0.889. The molecule has 1 aromatic rings. The van der Waals surface area contributed by atoms with Gasteiger partial charge in [-0.3, -0.25) is 4.79 Å². The molecule has 0 spiro atoms. The number of carboxylic acids is 1. The van der Waals surface area contributed by atoms with Crippen LogP contribution in [-0.2, 0) is 11.2 Å². The Balaban J connectivity index is 0.000000921. The summed E-state index contributed by atoms with van der Waals surface area (Å²) in [5.74, 6) is -0.972. The summed E-state index contributed by atoms with van der Waals surface area (Å²) in [7, 11) is 0. The van der Waals surface area contributed by atoms with Crippen LogP contribution in [0.1, 0.15) is 19.4 Å². The monoisotopic (exact) mass is 273 g/mol. The molecule has 1 aromatic carbocycles. The highest BCUT2D eigenvalue weighted by atomic mass is 79.9. The summed E-state index contributed by atoms with van der Waals surface area (Å²) in [4.78, 5) is 10.5. The summed E-state index contributed by atoms with van der Waals surface area (Å²) in [5, 5.41) is 8.58. The Kier molecular flexibility index (Phi) is 6.99. The van der Waals surface area contributed by atoms with Gasteiger partial charge < -0.3 is 10.8 Å². The molecular weight excluding hydrogens is 258 g/mol. The molecule has 0 bridgehead atoms. The first-order valence-electron chi connectivity index (χ1n) is 4.82. The molecule has 0 aliphatic heterocycles. The predicted octanol–water partition coefficient (Wildman–Crippen LogP) is 2.43. The molecule has 0 heterocycles. The first kappa shape index (κ1) is 14.1. The van der Waals surface area contributed by atoms with Gasteiger partial charge in [-0.05, 0) is 24.1 Å². The highest BCUT2D eigenvalue weighted by molar-refractivity contribution is 9.10. The van der Waals surface area contributed by atoms with Crippen molar-refractivity contribution < 1.29 is 9.90 Å². The van der Waals surface area contributed by atoms with Crippen molar-refractivity contribution in [1.82, 2.24) is 0 Å². The van der Waals surface area contributed by atoms with E-state index >= 15 is 0 Å². The van der Waals surface area contributed by atoms with Crippen molar-refractivity contribution in [3.8, 4) is 0 Å². The normalized spacial score (nSPS) is 11.2. The zero-order chi connectivity index (χ0) is 11.8. The molecule has 0 aliphatic rings. The lowest BCUT2D eigenvalue weighted by atomic mass is 10.1. The molecule has 3 N–H and O–H groups in total. The average Bonchev–Trinajstić information content (AvgIpc) is 2.20. The highest BCUT2D eigenvalue weighted by Gasteiger charge is 2.11. The summed E-state index contributed by atoms with van der Waals surface area (Å²) in [6.07, 6.45) is 0.356. The van der Waals surface area contributed by atoms with Crippen LogP contribution in [0.25, 0.3) is 0 Å². The van der Waals surface area contributed by atoms with Gasteiger partial charge in [-0.1, -0.05) is 41.9 Å². The molecule has 0 saturated heterocycles. The lowest BCUT2D eigenvalue weighted by molar-refractivity contribution is -0.138. The largest absolute Gasteiger partial charge is 0.480 e. The minimum absolute atomic E-state index is 0.356. The first-order chi connectivity index (χ1) is 7.09. The van der Waals surface area contributed by atoms with Gasteiger partial charge in [-0.15, -0.1) is 0 Å². The lowest BCUT2D eigenvalue weighted by Crippen LogP contribution is -2.32.